The molecule has 0 aliphatic rings. The average molecular weight is 422 g/mol. The summed E-state index contributed by atoms with van der Waals surface area (Å²) in [5, 5.41) is 8.06. The third kappa shape index (κ3) is 4.21. The molecule has 0 saturated heterocycles. The van der Waals surface area contributed by atoms with Crippen molar-refractivity contribution < 1.29 is 14.1 Å². The molecule has 4 rings (SSSR count). The summed E-state index contributed by atoms with van der Waals surface area (Å²) in [5.41, 5.74) is 0. The van der Waals surface area contributed by atoms with E-state index in [1.165, 1.54) is 0 Å². The van der Waals surface area contributed by atoms with Crippen LogP contribution >= 0.6 is 11.3 Å². The summed E-state index contributed by atoms with van der Waals surface area (Å²) in [5.74, 6) is 1.57. The fourth-order valence-corrected chi connectivity index (χ4v) is 3.95. The number of aromatic nitrogens is 2. The monoisotopic (exact) mass is 421 g/mol. The standard InChI is InChI=1S/C23H23N3O3S/c1-3-18(28-19-12-7-10-16-9-5-6-11-17(16)19)23(27)26(4-2)15-21-24-22(25-29-21)20-13-8-14-30-20/h5-14,18H,3-4,15H2,1-2H3/t18-/m1/s1. The Kier molecular flexibility index (Phi) is 6.09. The number of nitrogens with zero attached hydrogens (tertiary/aromatic N) is 3. The van der Waals surface area contributed by atoms with Crippen LogP contribution in [0.1, 0.15) is 26.2 Å². The van der Waals surface area contributed by atoms with Crippen LogP contribution in [0.3, 0.4) is 0 Å². The number of hydrogen-bond acceptors (Lipinski definition) is 6. The van der Waals surface area contributed by atoms with Crippen molar-refractivity contribution in [2.45, 2.75) is 32.9 Å². The third-order valence-corrected chi connectivity index (χ3v) is 5.76. The Morgan fingerprint density at radius 2 is 1.97 bits per heavy atom. The lowest BCUT2D eigenvalue weighted by molar-refractivity contribution is -0.139. The molecule has 0 fully saturated rings. The van der Waals surface area contributed by atoms with E-state index in [-0.39, 0.29) is 12.5 Å². The van der Waals surface area contributed by atoms with Gasteiger partial charge in [-0.05, 0) is 36.2 Å². The largest absolute Gasteiger partial charge is 0.480 e. The van der Waals surface area contributed by atoms with E-state index < -0.39 is 6.10 Å². The van der Waals surface area contributed by atoms with Gasteiger partial charge in [-0.3, -0.25) is 4.79 Å². The molecule has 0 radical (unpaired) electrons. The van der Waals surface area contributed by atoms with Gasteiger partial charge in [0.2, 0.25) is 11.7 Å². The van der Waals surface area contributed by atoms with E-state index in [0.717, 1.165) is 15.6 Å². The Morgan fingerprint density at radius 1 is 1.13 bits per heavy atom. The Balaban J connectivity index is 1.50. The highest BCUT2D eigenvalue weighted by Crippen LogP contribution is 2.27. The lowest BCUT2D eigenvalue weighted by Crippen LogP contribution is -2.41. The van der Waals surface area contributed by atoms with Gasteiger partial charge in [-0.2, -0.15) is 4.98 Å². The van der Waals surface area contributed by atoms with E-state index >= 15 is 0 Å². The van der Waals surface area contributed by atoms with Gasteiger partial charge in [0.1, 0.15) is 12.3 Å². The first-order valence-corrected chi connectivity index (χ1v) is 10.9. The van der Waals surface area contributed by atoms with Crippen LogP contribution in [-0.2, 0) is 11.3 Å². The fourth-order valence-electron chi connectivity index (χ4n) is 3.30. The van der Waals surface area contributed by atoms with Crippen LogP contribution in [0.2, 0.25) is 0 Å². The molecule has 1 amide bonds. The van der Waals surface area contributed by atoms with Crippen LogP contribution < -0.4 is 4.74 Å². The Labute approximate surface area is 179 Å². The predicted octanol–water partition coefficient (Wildman–Crippen LogP) is 5.16. The maximum absolute atomic E-state index is 13.2. The number of fused-ring (bicyclic) bond motifs is 1. The number of thiophene rings is 1. The zero-order valence-corrected chi connectivity index (χ0v) is 17.8. The fraction of sp³-hybridized carbons (Fsp3) is 0.261. The number of hydrogen-bond donors (Lipinski definition) is 0. The summed E-state index contributed by atoms with van der Waals surface area (Å²) in [7, 11) is 0. The second-order valence-corrected chi connectivity index (χ2v) is 7.78. The minimum Gasteiger partial charge on any atom is -0.480 e. The van der Waals surface area contributed by atoms with Crippen molar-refractivity contribution >= 4 is 28.0 Å². The molecule has 4 aromatic rings. The first-order valence-electron chi connectivity index (χ1n) is 9.99. The summed E-state index contributed by atoms with van der Waals surface area (Å²) < 4.78 is 11.5. The molecule has 1 atom stereocenters. The van der Waals surface area contributed by atoms with Crippen LogP contribution in [0, 0.1) is 0 Å². The number of benzene rings is 2. The highest BCUT2D eigenvalue weighted by molar-refractivity contribution is 7.13. The highest BCUT2D eigenvalue weighted by Gasteiger charge is 2.26. The third-order valence-electron chi connectivity index (χ3n) is 4.89. The number of carbonyl (C=O) groups is 1. The Bertz CT molecular complexity index is 1120. The molecule has 0 N–H and O–H groups in total. The van der Waals surface area contributed by atoms with Crippen molar-refractivity contribution in [2.24, 2.45) is 0 Å². The predicted molar refractivity (Wildman–Crippen MR) is 117 cm³/mol. The number of likely N-dealkylation sites (N-methyl/N-ethyl adjacent to an activating group) is 1. The van der Waals surface area contributed by atoms with E-state index in [0.29, 0.717) is 30.4 Å². The van der Waals surface area contributed by atoms with E-state index in [9.17, 15) is 4.79 Å². The maximum atomic E-state index is 13.2. The lowest BCUT2D eigenvalue weighted by atomic mass is 10.1. The molecule has 2 aromatic heterocycles. The van der Waals surface area contributed by atoms with Gasteiger partial charge in [-0.15, -0.1) is 11.3 Å². The molecular formula is C23H23N3O3S. The molecule has 0 saturated carbocycles. The minimum atomic E-state index is -0.588. The summed E-state index contributed by atoms with van der Waals surface area (Å²) in [6, 6.07) is 17.7. The first-order chi connectivity index (χ1) is 14.7. The smallest absolute Gasteiger partial charge is 0.264 e. The van der Waals surface area contributed by atoms with E-state index in [2.05, 4.69) is 10.1 Å². The maximum Gasteiger partial charge on any atom is 0.264 e. The zero-order chi connectivity index (χ0) is 20.9. The minimum absolute atomic E-state index is 0.0937. The normalized spacial score (nSPS) is 12.1. The molecule has 0 aliphatic heterocycles. The molecule has 2 aromatic carbocycles. The average Bonchev–Trinajstić information content (AvgIpc) is 3.47. The quantitative estimate of drug-likeness (QED) is 0.393. The molecule has 6 nitrogen and oxygen atoms in total. The van der Waals surface area contributed by atoms with Gasteiger partial charge in [-0.1, -0.05) is 54.5 Å². The number of carbonyl (C=O) groups excluding carboxylic acids is 1. The van der Waals surface area contributed by atoms with Crippen LogP contribution in [0.4, 0.5) is 0 Å². The molecule has 2 heterocycles. The van der Waals surface area contributed by atoms with Crippen LogP contribution in [0.5, 0.6) is 5.75 Å². The molecule has 0 spiro atoms. The van der Waals surface area contributed by atoms with Crippen LogP contribution in [0.25, 0.3) is 21.5 Å². The van der Waals surface area contributed by atoms with Gasteiger partial charge >= 0.3 is 0 Å². The van der Waals surface area contributed by atoms with Crippen molar-refractivity contribution in [1.29, 1.82) is 0 Å². The van der Waals surface area contributed by atoms with Crippen molar-refractivity contribution in [1.82, 2.24) is 15.0 Å². The van der Waals surface area contributed by atoms with Crippen LogP contribution in [0.15, 0.2) is 64.5 Å². The lowest BCUT2D eigenvalue weighted by Gasteiger charge is -2.25. The number of amides is 1. The summed E-state index contributed by atoms with van der Waals surface area (Å²) >= 11 is 1.55. The Morgan fingerprint density at radius 3 is 2.73 bits per heavy atom. The van der Waals surface area contributed by atoms with Crippen molar-refractivity contribution in [3.8, 4) is 16.5 Å². The van der Waals surface area contributed by atoms with Gasteiger partial charge in [0, 0.05) is 11.9 Å². The van der Waals surface area contributed by atoms with Gasteiger partial charge in [0.05, 0.1) is 4.88 Å². The topological polar surface area (TPSA) is 68.5 Å². The highest BCUT2D eigenvalue weighted by atomic mass is 32.1. The first kappa shape index (κ1) is 20.1. The SMILES string of the molecule is CC[C@@H](Oc1cccc2ccccc12)C(=O)N(CC)Cc1nc(-c2cccs2)no1. The van der Waals surface area contributed by atoms with Gasteiger partial charge in [0.15, 0.2) is 6.10 Å². The second kappa shape index (κ2) is 9.09. The van der Waals surface area contributed by atoms with Crippen LogP contribution in [-0.4, -0.2) is 33.6 Å². The van der Waals surface area contributed by atoms with E-state index in [1.54, 1.807) is 16.2 Å². The Hall–Kier alpha value is -3.19. The van der Waals surface area contributed by atoms with Gasteiger partial charge in [-0.25, -0.2) is 0 Å². The van der Waals surface area contributed by atoms with Crippen molar-refractivity contribution in [2.75, 3.05) is 6.54 Å². The molecule has 30 heavy (non-hydrogen) atoms. The summed E-state index contributed by atoms with van der Waals surface area (Å²) in [6.45, 7) is 4.65. The molecular weight excluding hydrogens is 398 g/mol. The summed E-state index contributed by atoms with van der Waals surface area (Å²) in [6.07, 6.45) is -0.0292. The van der Waals surface area contributed by atoms with E-state index in [4.69, 9.17) is 9.26 Å². The van der Waals surface area contributed by atoms with Gasteiger partial charge in [0.25, 0.3) is 5.91 Å². The molecule has 154 valence electrons. The van der Waals surface area contributed by atoms with Gasteiger partial charge < -0.3 is 14.2 Å². The summed E-state index contributed by atoms with van der Waals surface area (Å²) in [4.78, 5) is 20.3. The molecule has 0 unspecified atom stereocenters. The molecule has 0 aliphatic carbocycles. The van der Waals surface area contributed by atoms with Crippen molar-refractivity contribution in [3.05, 3.63) is 65.9 Å². The van der Waals surface area contributed by atoms with E-state index in [1.807, 2.05) is 73.8 Å². The molecule has 7 heteroatoms. The zero-order valence-electron chi connectivity index (χ0n) is 16.9. The second-order valence-electron chi connectivity index (χ2n) is 6.83. The molecule has 0 bridgehead atoms. The van der Waals surface area contributed by atoms with Crippen molar-refractivity contribution in [3.63, 3.8) is 0 Å². The number of rotatable bonds is 8. The number of ether oxygens (including phenoxy) is 1.